The molecule has 0 aliphatic rings. The normalized spacial score (nSPS) is 7.68. The molecule has 0 radical (unpaired) electrons. The van der Waals surface area contributed by atoms with Crippen molar-refractivity contribution in [2.45, 2.75) is 0 Å². The molecular formula is C9H11Cl2N4O3Pt-. The summed E-state index contributed by atoms with van der Waals surface area (Å²) in [6.45, 7) is 0. The van der Waals surface area contributed by atoms with Gasteiger partial charge in [-0.15, -0.1) is 5.34 Å². The summed E-state index contributed by atoms with van der Waals surface area (Å²) in [5.74, 6) is 0.288. The molecule has 0 saturated carbocycles. The molecule has 1 heterocycles. The molecule has 2 aromatic rings. The van der Waals surface area contributed by atoms with Gasteiger partial charge in [-0.05, 0) is 18.2 Å². The van der Waals surface area contributed by atoms with Crippen LogP contribution in [-0.4, -0.2) is 10.1 Å². The standard InChI is InChI=1S/C9H7NO.2ClH.HNO2.2H2N.Pt/c11-9-5-6-10-8-4-2-1-3-7(8)9;;;2-1-3;;;/h1-6H,(H,10,11);2*1H;(H,2,3);2*1H2;/q;;;;2*-1;+4/p-3. The average molecular weight is 489 g/mol. The van der Waals surface area contributed by atoms with Crippen LogP contribution in [-0.2, 0) is 16.5 Å². The van der Waals surface area contributed by atoms with Crippen molar-refractivity contribution >= 4 is 29.7 Å². The minimum atomic E-state index is -0.472. The number of fused-ring (bicyclic) bond motifs is 1. The van der Waals surface area contributed by atoms with E-state index in [-0.39, 0.29) is 18.1 Å². The molecule has 0 amide bonds. The van der Waals surface area contributed by atoms with Crippen molar-refractivity contribution in [3.05, 3.63) is 58.9 Å². The van der Waals surface area contributed by atoms with Crippen molar-refractivity contribution in [1.82, 2.24) is 4.98 Å². The van der Waals surface area contributed by atoms with Gasteiger partial charge in [0.25, 0.3) is 0 Å². The maximum Gasteiger partial charge on any atom is -0.693 e. The molecule has 0 bridgehead atoms. The molecule has 10 heteroatoms. The number of aromatic nitrogens is 1. The van der Waals surface area contributed by atoms with Gasteiger partial charge in [0, 0.05) is 11.6 Å². The fourth-order valence-corrected chi connectivity index (χ4v) is 1.08. The number of pyridine rings is 1. The first-order valence-corrected chi connectivity index (χ1v) is 9.64. The number of aromatic hydroxyl groups is 1. The predicted octanol–water partition coefficient (Wildman–Crippen LogP) is 5.00. The maximum atomic E-state index is 9.33. The van der Waals surface area contributed by atoms with Crippen LogP contribution >= 0.6 is 18.8 Å². The molecule has 19 heavy (non-hydrogen) atoms. The van der Waals surface area contributed by atoms with E-state index in [0.29, 0.717) is 0 Å². The van der Waals surface area contributed by atoms with E-state index in [4.69, 9.17) is 29.0 Å². The van der Waals surface area contributed by atoms with Gasteiger partial charge in [0.1, 0.15) is 5.75 Å². The molecule has 1 aromatic heterocycles. The predicted molar refractivity (Wildman–Crippen MR) is 74.8 cm³/mol. The summed E-state index contributed by atoms with van der Waals surface area (Å²) >= 11 is -0.472. The number of benzene rings is 1. The van der Waals surface area contributed by atoms with Gasteiger partial charge >= 0.3 is 35.3 Å². The van der Waals surface area contributed by atoms with Crippen LogP contribution in [0.15, 0.2) is 41.9 Å². The second-order valence-electron chi connectivity index (χ2n) is 2.47. The van der Waals surface area contributed by atoms with Crippen LogP contribution in [0.2, 0.25) is 0 Å². The third kappa shape index (κ3) is 9.58. The van der Waals surface area contributed by atoms with Gasteiger partial charge in [-0.25, -0.2) is 0 Å². The maximum absolute atomic E-state index is 9.33. The molecule has 5 N–H and O–H groups in total. The van der Waals surface area contributed by atoms with Crippen molar-refractivity contribution in [2.24, 2.45) is 5.34 Å². The Kier molecular flexibility index (Phi) is 18.4. The van der Waals surface area contributed by atoms with Crippen molar-refractivity contribution in [1.29, 1.82) is 0 Å². The fourth-order valence-electron chi connectivity index (χ4n) is 1.08. The van der Waals surface area contributed by atoms with Crippen LogP contribution in [0.4, 0.5) is 0 Å². The van der Waals surface area contributed by atoms with Crippen molar-refractivity contribution in [3.8, 4) is 5.75 Å². The van der Waals surface area contributed by atoms with E-state index in [0.717, 1.165) is 16.2 Å². The van der Waals surface area contributed by atoms with Gasteiger partial charge in [-0.1, -0.05) is 12.1 Å². The average Bonchev–Trinajstić information content (AvgIpc) is 2.32. The Morgan fingerprint density at radius 1 is 1.21 bits per heavy atom. The van der Waals surface area contributed by atoms with Crippen molar-refractivity contribution in [3.63, 3.8) is 0 Å². The number of rotatable bonds is 0. The molecule has 0 unspecified atom stereocenters. The third-order valence-electron chi connectivity index (χ3n) is 1.63. The van der Waals surface area contributed by atoms with Gasteiger partial charge in [-0.3, -0.25) is 4.98 Å². The van der Waals surface area contributed by atoms with Crippen LogP contribution < -0.4 is 0 Å². The molecule has 1 aromatic carbocycles. The second kappa shape index (κ2) is 15.1. The Balaban J connectivity index is -0.000000280. The van der Waals surface area contributed by atoms with E-state index in [1.807, 2.05) is 24.3 Å². The number of para-hydroxylation sites is 1. The molecule has 0 saturated heterocycles. The van der Waals surface area contributed by atoms with E-state index in [1.165, 1.54) is 0 Å². The fraction of sp³-hybridized carbons (Fsp3) is 0. The largest absolute Gasteiger partial charge is 0.693 e. The van der Waals surface area contributed by atoms with Gasteiger partial charge in [0.15, 0.2) is 0 Å². The Bertz CT molecular complexity index is 459. The number of halogens is 2. The Morgan fingerprint density at radius 2 is 1.68 bits per heavy atom. The smallest absolute Gasteiger partial charge is 0.693 e. The van der Waals surface area contributed by atoms with E-state index in [2.05, 4.69) is 4.98 Å². The second-order valence-corrected chi connectivity index (χ2v) is 5.75. The van der Waals surface area contributed by atoms with Gasteiger partial charge in [0.2, 0.25) is 0 Å². The molecule has 2 rings (SSSR count). The summed E-state index contributed by atoms with van der Waals surface area (Å²) in [4.78, 5) is 12.1. The Labute approximate surface area is 126 Å². The topological polar surface area (TPSA) is 153 Å². The summed E-state index contributed by atoms with van der Waals surface area (Å²) in [6, 6.07) is 9.08. The van der Waals surface area contributed by atoms with Gasteiger partial charge < -0.3 is 27.5 Å². The van der Waals surface area contributed by atoms with E-state index in [1.54, 1.807) is 12.3 Å². The number of hydrogen-bond donors (Lipinski definition) is 1. The van der Waals surface area contributed by atoms with Crippen LogP contribution in [0.5, 0.6) is 5.75 Å². The number of nitrogens with two attached hydrogens (primary N) is 2. The van der Waals surface area contributed by atoms with Crippen LogP contribution in [0.1, 0.15) is 0 Å². The van der Waals surface area contributed by atoms with Gasteiger partial charge in [0.05, 0.1) is 5.52 Å². The zero-order valence-corrected chi connectivity index (χ0v) is 13.1. The molecule has 0 spiro atoms. The molecule has 0 aliphatic carbocycles. The Morgan fingerprint density at radius 3 is 2.16 bits per heavy atom. The molecule has 0 fully saturated rings. The molecule has 0 atom stereocenters. The molecule has 110 valence electrons. The quantitative estimate of drug-likeness (QED) is 0.409. The zero-order valence-electron chi connectivity index (χ0n) is 9.35. The summed E-state index contributed by atoms with van der Waals surface area (Å²) in [6.07, 6.45) is 1.59. The number of nitrogens with zero attached hydrogens (tertiary/aromatic N) is 2. The molecular weight excluding hydrogens is 478 g/mol. The Hall–Kier alpha value is -0.982. The molecule has 7 nitrogen and oxygen atoms in total. The third-order valence-corrected chi connectivity index (χ3v) is 1.63. The minimum Gasteiger partial charge on any atom is -0.693 e. The van der Waals surface area contributed by atoms with E-state index in [9.17, 15) is 5.11 Å². The van der Waals surface area contributed by atoms with Crippen LogP contribution in [0, 0.1) is 10.1 Å². The molecule has 0 aliphatic heterocycles. The first-order chi connectivity index (χ1) is 8.21. The van der Waals surface area contributed by atoms with Crippen molar-refractivity contribution in [2.75, 3.05) is 0 Å². The summed E-state index contributed by atoms with van der Waals surface area (Å²) < 4.78 is 0. The van der Waals surface area contributed by atoms with Crippen LogP contribution in [0.25, 0.3) is 23.2 Å². The summed E-state index contributed by atoms with van der Waals surface area (Å²) in [7, 11) is 9.75. The zero-order chi connectivity index (χ0) is 13.1. The van der Waals surface area contributed by atoms with E-state index < -0.39 is 16.5 Å². The van der Waals surface area contributed by atoms with Crippen LogP contribution in [0.3, 0.4) is 0 Å². The van der Waals surface area contributed by atoms with Crippen molar-refractivity contribution < 1.29 is 21.6 Å². The number of hydrogen-bond acceptors (Lipinski definition) is 5. The monoisotopic (exact) mass is 488 g/mol. The SMILES string of the molecule is O=N[O-].Oc1ccnc2ccccc12.[Cl][Pt+2][Cl].[NH2-].[NH2-]. The first-order valence-electron chi connectivity index (χ1n) is 4.01. The first kappa shape index (κ1) is 23.1. The van der Waals surface area contributed by atoms with Gasteiger partial charge in [-0.2, -0.15) is 0 Å². The van der Waals surface area contributed by atoms with E-state index >= 15 is 0 Å². The summed E-state index contributed by atoms with van der Waals surface area (Å²) in [5, 5.41) is 19.1. The summed E-state index contributed by atoms with van der Waals surface area (Å²) in [5.41, 5.74) is 0.826. The minimum absolute atomic E-state index is 0.